The van der Waals surface area contributed by atoms with Crippen LogP contribution in [0.2, 0.25) is 0 Å². The highest BCUT2D eigenvalue weighted by Crippen LogP contribution is 2.35. The standard InChI is InChI=1S/C28H28F2N6OS/c1-18-11-19(4-5-32-18)14-36(21-3-2-8-34(17-21)24-13-31-6-7-33-24)16-20-15-35-9-10-38-28-25(30)23(29)12-22(26(28)35)27(20)37/h4-7,11-13,15,21H,2-3,8-10,14,16-17H2,1H3. The highest BCUT2D eigenvalue weighted by atomic mass is 32.2. The van der Waals surface area contributed by atoms with E-state index in [1.54, 1.807) is 24.8 Å². The summed E-state index contributed by atoms with van der Waals surface area (Å²) in [6, 6.07) is 5.29. The van der Waals surface area contributed by atoms with Crippen molar-refractivity contribution in [1.82, 2.24) is 24.4 Å². The second-order valence-corrected chi connectivity index (χ2v) is 11.0. The van der Waals surface area contributed by atoms with E-state index in [9.17, 15) is 13.6 Å². The molecule has 196 valence electrons. The fraction of sp³-hybridized carbons (Fsp3) is 0.357. The van der Waals surface area contributed by atoms with Crippen LogP contribution in [0.5, 0.6) is 0 Å². The van der Waals surface area contributed by atoms with Crippen LogP contribution in [0.25, 0.3) is 10.9 Å². The Balaban J connectivity index is 1.38. The first-order valence-corrected chi connectivity index (χ1v) is 13.8. The third kappa shape index (κ3) is 4.78. The highest BCUT2D eigenvalue weighted by molar-refractivity contribution is 7.99. The zero-order valence-corrected chi connectivity index (χ0v) is 21.9. The minimum Gasteiger partial charge on any atom is -0.354 e. The summed E-state index contributed by atoms with van der Waals surface area (Å²) in [7, 11) is 0. The van der Waals surface area contributed by atoms with Crippen molar-refractivity contribution in [2.24, 2.45) is 0 Å². The van der Waals surface area contributed by atoms with Gasteiger partial charge < -0.3 is 9.47 Å². The van der Waals surface area contributed by atoms with Crippen molar-refractivity contribution in [3.63, 3.8) is 0 Å². The molecule has 1 atom stereocenters. The molecule has 0 aliphatic carbocycles. The lowest BCUT2D eigenvalue weighted by Crippen LogP contribution is -2.48. The molecule has 0 spiro atoms. The Morgan fingerprint density at radius 1 is 1.13 bits per heavy atom. The van der Waals surface area contributed by atoms with Crippen molar-refractivity contribution in [2.75, 3.05) is 23.7 Å². The largest absolute Gasteiger partial charge is 0.354 e. The Morgan fingerprint density at radius 2 is 2.03 bits per heavy atom. The van der Waals surface area contributed by atoms with E-state index in [1.807, 2.05) is 23.8 Å². The van der Waals surface area contributed by atoms with Crippen LogP contribution in [0.1, 0.15) is 29.7 Å². The predicted molar refractivity (Wildman–Crippen MR) is 144 cm³/mol. The number of thioether (sulfide) groups is 1. The number of hydrogen-bond acceptors (Lipinski definition) is 7. The summed E-state index contributed by atoms with van der Waals surface area (Å²) >= 11 is 1.27. The van der Waals surface area contributed by atoms with Crippen LogP contribution in [-0.4, -0.2) is 49.3 Å². The van der Waals surface area contributed by atoms with Crippen molar-refractivity contribution in [1.29, 1.82) is 0 Å². The topological polar surface area (TPSA) is 67.2 Å². The van der Waals surface area contributed by atoms with Gasteiger partial charge in [0.15, 0.2) is 17.1 Å². The van der Waals surface area contributed by atoms with Gasteiger partial charge in [-0.1, -0.05) is 0 Å². The molecule has 3 aromatic heterocycles. The van der Waals surface area contributed by atoms with E-state index in [1.165, 1.54) is 11.8 Å². The number of aromatic nitrogens is 4. The maximum absolute atomic E-state index is 14.5. The minimum atomic E-state index is -0.973. The molecule has 0 bridgehead atoms. The van der Waals surface area contributed by atoms with Crippen molar-refractivity contribution in [3.05, 3.63) is 87.9 Å². The van der Waals surface area contributed by atoms with Gasteiger partial charge in [-0.05, 0) is 43.5 Å². The molecule has 2 aliphatic heterocycles. The van der Waals surface area contributed by atoms with Gasteiger partial charge in [0, 0.05) is 80.6 Å². The van der Waals surface area contributed by atoms with Gasteiger partial charge in [-0.15, -0.1) is 11.8 Å². The molecule has 10 heteroatoms. The minimum absolute atomic E-state index is 0.159. The molecule has 4 aromatic rings. The zero-order valence-electron chi connectivity index (χ0n) is 21.1. The van der Waals surface area contributed by atoms with E-state index in [-0.39, 0.29) is 21.8 Å². The summed E-state index contributed by atoms with van der Waals surface area (Å²) in [4.78, 5) is 31.5. The number of rotatable bonds is 6. The molecular formula is C28H28F2N6OS. The fourth-order valence-electron chi connectivity index (χ4n) is 5.59. The third-order valence-electron chi connectivity index (χ3n) is 7.37. The Labute approximate surface area is 223 Å². The molecule has 2 aliphatic rings. The van der Waals surface area contributed by atoms with Gasteiger partial charge in [0.2, 0.25) is 0 Å². The maximum Gasteiger partial charge on any atom is 0.194 e. The Bertz CT molecular complexity index is 1550. The SMILES string of the molecule is Cc1cc(CN(Cc2cn3c4c(c(F)c(F)cc4c2=O)SCC3)C2CCCN(c3cnccn3)C2)ccn1. The van der Waals surface area contributed by atoms with E-state index in [0.717, 1.165) is 49.1 Å². The molecule has 6 rings (SSSR count). The van der Waals surface area contributed by atoms with Gasteiger partial charge in [0.05, 0.1) is 22.0 Å². The molecule has 0 saturated carbocycles. The van der Waals surface area contributed by atoms with Crippen LogP contribution in [0, 0.1) is 18.6 Å². The number of hydrogen-bond donors (Lipinski definition) is 0. The fourth-order valence-corrected chi connectivity index (χ4v) is 6.67. The molecule has 1 fully saturated rings. The first kappa shape index (κ1) is 24.9. The van der Waals surface area contributed by atoms with E-state index < -0.39 is 11.6 Å². The lowest BCUT2D eigenvalue weighted by atomic mass is 10.0. The van der Waals surface area contributed by atoms with Crippen molar-refractivity contribution in [2.45, 2.75) is 50.3 Å². The number of anilines is 1. The molecule has 5 heterocycles. The first-order chi connectivity index (χ1) is 18.5. The average molecular weight is 535 g/mol. The van der Waals surface area contributed by atoms with Gasteiger partial charge in [-0.3, -0.25) is 19.7 Å². The Kier molecular flexibility index (Phi) is 6.84. The summed E-state index contributed by atoms with van der Waals surface area (Å²) in [5.41, 5.74) is 2.89. The monoisotopic (exact) mass is 534 g/mol. The smallest absolute Gasteiger partial charge is 0.194 e. The molecule has 7 nitrogen and oxygen atoms in total. The average Bonchev–Trinajstić information content (AvgIpc) is 2.94. The summed E-state index contributed by atoms with van der Waals surface area (Å²) < 4.78 is 30.9. The van der Waals surface area contributed by atoms with E-state index in [4.69, 9.17) is 0 Å². The van der Waals surface area contributed by atoms with Crippen LogP contribution >= 0.6 is 11.8 Å². The summed E-state index contributed by atoms with van der Waals surface area (Å²) in [5, 5.41) is 0.244. The summed E-state index contributed by atoms with van der Waals surface area (Å²) in [5.74, 6) is -0.377. The number of pyridine rings is 2. The molecule has 0 amide bonds. The molecule has 0 N–H and O–H groups in total. The van der Waals surface area contributed by atoms with Gasteiger partial charge in [-0.2, -0.15) is 0 Å². The van der Waals surface area contributed by atoms with Gasteiger partial charge in [0.1, 0.15) is 5.82 Å². The van der Waals surface area contributed by atoms with Crippen molar-refractivity contribution in [3.8, 4) is 0 Å². The number of nitrogens with zero attached hydrogens (tertiary/aromatic N) is 6. The number of piperidine rings is 1. The Hall–Kier alpha value is -3.37. The normalized spacial score (nSPS) is 17.4. The van der Waals surface area contributed by atoms with Crippen molar-refractivity contribution < 1.29 is 8.78 Å². The second-order valence-electron chi connectivity index (χ2n) is 9.94. The van der Waals surface area contributed by atoms with Crippen LogP contribution in [-0.2, 0) is 19.6 Å². The molecular weight excluding hydrogens is 506 g/mol. The maximum atomic E-state index is 14.5. The van der Waals surface area contributed by atoms with Gasteiger partial charge >= 0.3 is 0 Å². The Morgan fingerprint density at radius 3 is 2.84 bits per heavy atom. The van der Waals surface area contributed by atoms with E-state index in [0.29, 0.717) is 36.5 Å². The van der Waals surface area contributed by atoms with Crippen LogP contribution < -0.4 is 10.3 Å². The first-order valence-electron chi connectivity index (χ1n) is 12.8. The number of benzene rings is 1. The van der Waals surface area contributed by atoms with Crippen LogP contribution in [0.4, 0.5) is 14.6 Å². The van der Waals surface area contributed by atoms with Crippen LogP contribution in [0.3, 0.4) is 0 Å². The number of halogens is 2. The van der Waals surface area contributed by atoms with Gasteiger partial charge in [-0.25, -0.2) is 13.8 Å². The summed E-state index contributed by atoms with van der Waals surface area (Å²) in [6.07, 6.45) is 10.8. The van der Waals surface area contributed by atoms with Gasteiger partial charge in [0.25, 0.3) is 0 Å². The summed E-state index contributed by atoms with van der Waals surface area (Å²) in [6.45, 7) is 5.29. The predicted octanol–water partition coefficient (Wildman–Crippen LogP) is 4.55. The van der Waals surface area contributed by atoms with Crippen LogP contribution in [0.15, 0.2) is 58.9 Å². The van der Waals surface area contributed by atoms with Crippen molar-refractivity contribution >= 4 is 28.5 Å². The quantitative estimate of drug-likeness (QED) is 0.360. The second kappa shape index (κ2) is 10.4. The zero-order chi connectivity index (χ0) is 26.2. The molecule has 1 saturated heterocycles. The van der Waals surface area contributed by atoms with E-state index in [2.05, 4.69) is 30.8 Å². The lowest BCUT2D eigenvalue weighted by Gasteiger charge is -2.40. The molecule has 0 radical (unpaired) electrons. The third-order valence-corrected chi connectivity index (χ3v) is 8.42. The molecule has 1 aromatic carbocycles. The highest BCUT2D eigenvalue weighted by Gasteiger charge is 2.29. The molecule has 38 heavy (non-hydrogen) atoms. The molecule has 1 unspecified atom stereocenters. The number of aryl methyl sites for hydroxylation is 2. The van der Waals surface area contributed by atoms with E-state index >= 15 is 0 Å². The lowest BCUT2D eigenvalue weighted by molar-refractivity contribution is 0.158.